The number of aromatic nitrogens is 1. The molecule has 3 aromatic rings. The van der Waals surface area contributed by atoms with Gasteiger partial charge >= 0.3 is 5.97 Å². The summed E-state index contributed by atoms with van der Waals surface area (Å²) in [6.45, 7) is 1.68. The van der Waals surface area contributed by atoms with Gasteiger partial charge in [-0.15, -0.1) is 0 Å². The first-order chi connectivity index (χ1) is 13.3. The van der Waals surface area contributed by atoms with Crippen LogP contribution in [-0.4, -0.2) is 36.2 Å². The van der Waals surface area contributed by atoms with Crippen molar-refractivity contribution in [2.45, 2.75) is 18.9 Å². The van der Waals surface area contributed by atoms with Crippen LogP contribution in [0, 0.1) is 0 Å². The number of hydrogen-bond donors (Lipinski definition) is 0. The lowest BCUT2D eigenvalue weighted by Gasteiger charge is -2.26. The molecule has 0 unspecified atom stereocenters. The molecular formula is C22H22N2O3. The summed E-state index contributed by atoms with van der Waals surface area (Å²) >= 11 is 0. The molecule has 0 saturated carbocycles. The smallest absolute Gasteiger partial charge is 0.319 e. The summed E-state index contributed by atoms with van der Waals surface area (Å²) in [6, 6.07) is 20.7. The summed E-state index contributed by atoms with van der Waals surface area (Å²) in [5, 5.41) is 4.47. The second-order valence-corrected chi connectivity index (χ2v) is 6.76. The lowest BCUT2D eigenvalue weighted by molar-refractivity contribution is -0.142. The van der Waals surface area contributed by atoms with E-state index in [2.05, 4.69) is 34.3 Å². The Morgan fingerprint density at radius 1 is 1.11 bits per heavy atom. The minimum absolute atomic E-state index is 0.00187. The molecule has 1 aliphatic rings. The van der Waals surface area contributed by atoms with Gasteiger partial charge in [-0.2, -0.15) is 0 Å². The Kier molecular flexibility index (Phi) is 5.03. The normalized spacial score (nSPS) is 14.1. The zero-order valence-corrected chi connectivity index (χ0v) is 15.3. The van der Waals surface area contributed by atoms with E-state index in [9.17, 15) is 4.79 Å². The number of esters is 1. The fourth-order valence-electron chi connectivity index (χ4n) is 3.69. The lowest BCUT2D eigenvalue weighted by Crippen LogP contribution is -2.35. The van der Waals surface area contributed by atoms with E-state index in [1.165, 1.54) is 18.2 Å². The largest absolute Gasteiger partial charge is 0.468 e. The van der Waals surface area contributed by atoms with Gasteiger partial charge in [0.05, 0.1) is 19.6 Å². The first kappa shape index (κ1) is 17.5. The van der Waals surface area contributed by atoms with E-state index in [0.717, 1.165) is 30.0 Å². The van der Waals surface area contributed by atoms with Crippen molar-refractivity contribution in [3.05, 3.63) is 88.8 Å². The fourth-order valence-corrected chi connectivity index (χ4v) is 3.69. The number of hydrogen-bond acceptors (Lipinski definition) is 5. The molecular weight excluding hydrogens is 340 g/mol. The van der Waals surface area contributed by atoms with Gasteiger partial charge in [0.15, 0.2) is 0 Å². The van der Waals surface area contributed by atoms with Crippen LogP contribution in [0.5, 0.6) is 0 Å². The summed E-state index contributed by atoms with van der Waals surface area (Å²) in [5.41, 5.74) is 4.36. The highest BCUT2D eigenvalue weighted by atomic mass is 16.5. The van der Waals surface area contributed by atoms with E-state index in [-0.39, 0.29) is 18.4 Å². The van der Waals surface area contributed by atoms with Gasteiger partial charge in [-0.05, 0) is 11.1 Å². The monoisotopic (exact) mass is 362 g/mol. The maximum atomic E-state index is 11.7. The zero-order valence-electron chi connectivity index (χ0n) is 15.3. The van der Waals surface area contributed by atoms with Crippen LogP contribution < -0.4 is 0 Å². The second kappa shape index (κ2) is 7.76. The molecule has 0 spiro atoms. The molecule has 0 fully saturated rings. The van der Waals surface area contributed by atoms with Gasteiger partial charge in [-0.1, -0.05) is 65.8 Å². The maximum Gasteiger partial charge on any atom is 0.319 e. The standard InChI is InChI=1S/C22H22N2O3/c1-26-20(25)15-24-13-12-19-18(14-24)22(23-27-19)21(16-8-4-2-5-9-16)17-10-6-3-7-11-17/h2-11,21H,12-15H2,1H3. The molecule has 1 aromatic heterocycles. The second-order valence-electron chi connectivity index (χ2n) is 6.76. The molecule has 0 atom stereocenters. The van der Waals surface area contributed by atoms with Crippen molar-refractivity contribution in [1.29, 1.82) is 0 Å². The first-order valence-electron chi connectivity index (χ1n) is 9.12. The molecule has 0 amide bonds. The number of rotatable bonds is 5. The molecule has 0 saturated heterocycles. The number of nitrogens with zero attached hydrogens (tertiary/aromatic N) is 2. The van der Waals surface area contributed by atoms with Crippen LogP contribution in [0.1, 0.15) is 34.1 Å². The van der Waals surface area contributed by atoms with E-state index in [0.29, 0.717) is 6.54 Å². The van der Waals surface area contributed by atoms with Crippen molar-refractivity contribution in [2.75, 3.05) is 20.2 Å². The van der Waals surface area contributed by atoms with Gasteiger partial charge in [-0.25, -0.2) is 0 Å². The molecule has 2 heterocycles. The Labute approximate surface area is 158 Å². The number of ether oxygens (including phenoxy) is 1. The fraction of sp³-hybridized carbons (Fsp3) is 0.273. The number of carbonyl (C=O) groups excluding carboxylic acids is 1. The Bertz CT molecular complexity index is 866. The van der Waals surface area contributed by atoms with Crippen LogP contribution in [0.2, 0.25) is 0 Å². The molecule has 5 heteroatoms. The quantitative estimate of drug-likeness (QED) is 0.651. The minimum Gasteiger partial charge on any atom is -0.468 e. The Hall–Kier alpha value is -2.92. The third kappa shape index (κ3) is 3.64. The van der Waals surface area contributed by atoms with Gasteiger partial charge in [0.25, 0.3) is 0 Å². The average molecular weight is 362 g/mol. The first-order valence-corrected chi connectivity index (χ1v) is 9.12. The predicted octanol–water partition coefficient (Wildman–Crippen LogP) is 3.39. The summed E-state index contributed by atoms with van der Waals surface area (Å²) in [7, 11) is 1.42. The minimum atomic E-state index is -0.223. The van der Waals surface area contributed by atoms with Crippen molar-refractivity contribution in [2.24, 2.45) is 0 Å². The van der Waals surface area contributed by atoms with E-state index < -0.39 is 0 Å². The van der Waals surface area contributed by atoms with Crippen molar-refractivity contribution in [3.8, 4) is 0 Å². The van der Waals surface area contributed by atoms with Gasteiger partial charge < -0.3 is 9.26 Å². The van der Waals surface area contributed by atoms with Crippen molar-refractivity contribution >= 4 is 5.97 Å². The average Bonchev–Trinajstić information content (AvgIpc) is 3.13. The number of fused-ring (bicyclic) bond motifs is 1. The van der Waals surface area contributed by atoms with Crippen LogP contribution in [-0.2, 0) is 22.5 Å². The van der Waals surface area contributed by atoms with Crippen molar-refractivity contribution < 1.29 is 14.1 Å². The Morgan fingerprint density at radius 3 is 2.33 bits per heavy atom. The maximum absolute atomic E-state index is 11.7. The molecule has 0 aliphatic carbocycles. The zero-order chi connectivity index (χ0) is 18.6. The van der Waals surface area contributed by atoms with E-state index in [1.54, 1.807) is 0 Å². The highest BCUT2D eigenvalue weighted by molar-refractivity contribution is 5.71. The molecule has 4 rings (SSSR count). The summed E-state index contributed by atoms with van der Waals surface area (Å²) in [6.07, 6.45) is 0.746. The number of benzene rings is 2. The van der Waals surface area contributed by atoms with Crippen LogP contribution in [0.25, 0.3) is 0 Å². The third-order valence-electron chi connectivity index (χ3n) is 5.06. The highest BCUT2D eigenvalue weighted by Crippen LogP contribution is 2.36. The topological polar surface area (TPSA) is 55.6 Å². The van der Waals surface area contributed by atoms with Crippen LogP contribution in [0.3, 0.4) is 0 Å². The van der Waals surface area contributed by atoms with E-state index in [1.807, 2.05) is 36.4 Å². The van der Waals surface area contributed by atoms with Crippen molar-refractivity contribution in [1.82, 2.24) is 10.1 Å². The molecule has 5 nitrogen and oxygen atoms in total. The molecule has 138 valence electrons. The molecule has 27 heavy (non-hydrogen) atoms. The van der Waals surface area contributed by atoms with Gasteiger partial charge in [0.2, 0.25) is 0 Å². The van der Waals surface area contributed by atoms with Crippen LogP contribution >= 0.6 is 0 Å². The summed E-state index contributed by atoms with van der Waals surface area (Å²) in [4.78, 5) is 13.8. The predicted molar refractivity (Wildman–Crippen MR) is 101 cm³/mol. The van der Waals surface area contributed by atoms with Gasteiger partial charge in [0, 0.05) is 25.1 Å². The van der Waals surface area contributed by atoms with Crippen LogP contribution in [0.4, 0.5) is 0 Å². The summed E-state index contributed by atoms with van der Waals surface area (Å²) < 4.78 is 10.5. The lowest BCUT2D eigenvalue weighted by atomic mass is 9.85. The third-order valence-corrected chi connectivity index (χ3v) is 5.06. The molecule has 0 N–H and O–H groups in total. The molecule has 0 bridgehead atoms. The Balaban J connectivity index is 1.73. The number of methoxy groups -OCH3 is 1. The molecule has 1 aliphatic heterocycles. The van der Waals surface area contributed by atoms with Crippen molar-refractivity contribution in [3.63, 3.8) is 0 Å². The highest BCUT2D eigenvalue weighted by Gasteiger charge is 2.30. The Morgan fingerprint density at radius 2 is 1.74 bits per heavy atom. The van der Waals surface area contributed by atoms with E-state index >= 15 is 0 Å². The molecule has 0 radical (unpaired) electrons. The summed E-state index contributed by atoms with van der Waals surface area (Å²) in [5.74, 6) is 0.695. The van der Waals surface area contributed by atoms with Gasteiger partial charge in [0.1, 0.15) is 11.5 Å². The van der Waals surface area contributed by atoms with E-state index in [4.69, 9.17) is 9.26 Å². The van der Waals surface area contributed by atoms with Crippen LogP contribution in [0.15, 0.2) is 65.2 Å². The SMILES string of the molecule is COC(=O)CN1CCc2onc(C(c3ccccc3)c3ccccc3)c2C1. The van der Waals surface area contributed by atoms with Gasteiger partial charge in [-0.3, -0.25) is 9.69 Å². The number of carbonyl (C=O) groups is 1. The molecule has 2 aromatic carbocycles.